The van der Waals surface area contributed by atoms with Crippen molar-refractivity contribution in [2.75, 3.05) is 13.1 Å². The maximum absolute atomic E-state index is 12.3. The van der Waals surface area contributed by atoms with Crippen molar-refractivity contribution in [3.63, 3.8) is 0 Å². The van der Waals surface area contributed by atoms with Crippen LogP contribution in [-0.4, -0.2) is 53.0 Å². The number of carboxylic acid groups (broad SMARTS) is 1. The Morgan fingerprint density at radius 2 is 1.90 bits per heavy atom. The number of carbonyl (C=O) groups excluding carboxylic acids is 1. The molecule has 0 aromatic heterocycles. The Balaban J connectivity index is 4.55. The summed E-state index contributed by atoms with van der Waals surface area (Å²) in [6.45, 7) is 4.25. The number of aliphatic carboxylic acids is 1. The van der Waals surface area contributed by atoms with Gasteiger partial charge in [-0.3, -0.25) is 9.79 Å². The summed E-state index contributed by atoms with van der Waals surface area (Å²) in [5.74, 6) is -1.38. The van der Waals surface area contributed by atoms with Crippen LogP contribution in [0.15, 0.2) is 4.99 Å². The molecule has 0 saturated heterocycles. The van der Waals surface area contributed by atoms with Crippen molar-refractivity contribution in [1.82, 2.24) is 4.90 Å². The molecular weight excluding hydrogens is 274 g/mol. The highest BCUT2D eigenvalue weighted by atomic mass is 16.4. The average molecular weight is 301 g/mol. The van der Waals surface area contributed by atoms with Crippen LogP contribution in [0.3, 0.4) is 0 Å². The molecule has 0 aliphatic heterocycles. The van der Waals surface area contributed by atoms with E-state index in [1.54, 1.807) is 0 Å². The Morgan fingerprint density at radius 1 is 1.29 bits per heavy atom. The van der Waals surface area contributed by atoms with Gasteiger partial charge in [-0.05, 0) is 26.2 Å². The molecule has 21 heavy (non-hydrogen) atoms. The molecule has 2 atom stereocenters. The number of carboxylic acids is 1. The highest BCUT2D eigenvalue weighted by Crippen LogP contribution is 2.08. The van der Waals surface area contributed by atoms with E-state index in [9.17, 15) is 9.59 Å². The zero-order valence-electron chi connectivity index (χ0n) is 12.8. The van der Waals surface area contributed by atoms with Crippen LogP contribution in [-0.2, 0) is 9.59 Å². The summed E-state index contributed by atoms with van der Waals surface area (Å²) in [5, 5.41) is 9.08. The van der Waals surface area contributed by atoms with Crippen LogP contribution < -0.4 is 17.2 Å². The first-order valence-electron chi connectivity index (χ1n) is 7.15. The van der Waals surface area contributed by atoms with Crippen LogP contribution in [0.25, 0.3) is 0 Å². The number of aliphatic imine (C=N–C) groups is 1. The van der Waals surface area contributed by atoms with Crippen LogP contribution in [0, 0.1) is 0 Å². The van der Waals surface area contributed by atoms with Gasteiger partial charge in [0.1, 0.15) is 6.04 Å². The fourth-order valence-electron chi connectivity index (χ4n) is 1.81. The molecule has 8 heteroatoms. The second-order valence-corrected chi connectivity index (χ2v) is 4.95. The molecular formula is C13H27N5O3. The number of guanidine groups is 1. The lowest BCUT2D eigenvalue weighted by Crippen LogP contribution is -2.50. The van der Waals surface area contributed by atoms with Gasteiger partial charge in [-0.2, -0.15) is 0 Å². The summed E-state index contributed by atoms with van der Waals surface area (Å²) in [7, 11) is 0. The van der Waals surface area contributed by atoms with E-state index in [1.807, 2.05) is 6.92 Å². The number of nitrogens with two attached hydrogens (primary N) is 3. The Bertz CT molecular complexity index is 369. The SMILES string of the molecule is CCCCN(C(=O)[C@@H](N)CCCN=C(N)N)[C@@H](C)C(=O)O. The number of amides is 1. The monoisotopic (exact) mass is 301 g/mol. The van der Waals surface area contributed by atoms with Gasteiger partial charge in [0.2, 0.25) is 5.91 Å². The van der Waals surface area contributed by atoms with Crippen LogP contribution in [0.1, 0.15) is 39.5 Å². The highest BCUT2D eigenvalue weighted by molar-refractivity contribution is 5.86. The molecule has 0 aromatic rings. The molecule has 7 N–H and O–H groups in total. The minimum absolute atomic E-state index is 0.000954. The third-order valence-electron chi connectivity index (χ3n) is 3.15. The Labute approximate surface area is 125 Å². The molecule has 1 amide bonds. The zero-order chi connectivity index (χ0) is 16.4. The maximum Gasteiger partial charge on any atom is 0.326 e. The number of carbonyl (C=O) groups is 2. The van der Waals surface area contributed by atoms with Crippen molar-refractivity contribution >= 4 is 17.8 Å². The molecule has 0 bridgehead atoms. The van der Waals surface area contributed by atoms with Crippen LogP contribution in [0.5, 0.6) is 0 Å². The Hall–Kier alpha value is -1.83. The molecule has 122 valence electrons. The minimum Gasteiger partial charge on any atom is -0.480 e. The molecule has 0 heterocycles. The van der Waals surface area contributed by atoms with Crippen molar-refractivity contribution in [3.05, 3.63) is 0 Å². The van der Waals surface area contributed by atoms with Gasteiger partial charge >= 0.3 is 5.97 Å². The molecule has 8 nitrogen and oxygen atoms in total. The minimum atomic E-state index is -1.04. The summed E-state index contributed by atoms with van der Waals surface area (Å²) < 4.78 is 0. The van der Waals surface area contributed by atoms with Gasteiger partial charge in [0.25, 0.3) is 0 Å². The topological polar surface area (TPSA) is 148 Å². The number of hydrogen-bond acceptors (Lipinski definition) is 4. The lowest BCUT2D eigenvalue weighted by molar-refractivity contribution is -0.150. The number of hydrogen-bond donors (Lipinski definition) is 4. The first-order valence-corrected chi connectivity index (χ1v) is 7.15. The summed E-state index contributed by atoms with van der Waals surface area (Å²) >= 11 is 0. The van der Waals surface area contributed by atoms with E-state index in [-0.39, 0.29) is 11.9 Å². The second kappa shape index (κ2) is 9.98. The predicted molar refractivity (Wildman–Crippen MR) is 81.6 cm³/mol. The quantitative estimate of drug-likeness (QED) is 0.242. The Kier molecular flexibility index (Phi) is 9.11. The fourth-order valence-corrected chi connectivity index (χ4v) is 1.81. The third-order valence-corrected chi connectivity index (χ3v) is 3.15. The van der Waals surface area contributed by atoms with Gasteiger partial charge in [0, 0.05) is 13.1 Å². The third kappa shape index (κ3) is 7.50. The van der Waals surface area contributed by atoms with Crippen molar-refractivity contribution in [1.29, 1.82) is 0 Å². The number of unbranched alkanes of at least 4 members (excludes halogenated alkanes) is 1. The molecule has 0 radical (unpaired) electrons. The average Bonchev–Trinajstić information content (AvgIpc) is 2.42. The largest absolute Gasteiger partial charge is 0.480 e. The highest BCUT2D eigenvalue weighted by Gasteiger charge is 2.28. The summed E-state index contributed by atoms with van der Waals surface area (Å²) in [5.41, 5.74) is 16.3. The lowest BCUT2D eigenvalue weighted by atomic mass is 10.1. The molecule has 0 unspecified atom stereocenters. The van der Waals surface area contributed by atoms with Crippen LogP contribution >= 0.6 is 0 Å². The summed E-state index contributed by atoms with van der Waals surface area (Å²) in [6.07, 6.45) is 2.58. The summed E-state index contributed by atoms with van der Waals surface area (Å²) in [6, 6.07) is -1.62. The molecule has 0 aromatic carbocycles. The van der Waals surface area contributed by atoms with Crippen LogP contribution in [0.4, 0.5) is 0 Å². The molecule has 0 saturated carbocycles. The van der Waals surface area contributed by atoms with Crippen molar-refractivity contribution in [2.24, 2.45) is 22.2 Å². The molecule has 0 rings (SSSR count). The molecule has 0 spiro atoms. The molecule has 0 aliphatic carbocycles. The van der Waals surface area contributed by atoms with Gasteiger partial charge in [-0.1, -0.05) is 13.3 Å². The van der Waals surface area contributed by atoms with Gasteiger partial charge in [-0.15, -0.1) is 0 Å². The first-order chi connectivity index (χ1) is 9.81. The maximum atomic E-state index is 12.3. The molecule has 0 aliphatic rings. The lowest BCUT2D eigenvalue weighted by Gasteiger charge is -2.29. The Morgan fingerprint density at radius 3 is 2.38 bits per heavy atom. The van der Waals surface area contributed by atoms with Gasteiger partial charge in [-0.25, -0.2) is 4.79 Å². The summed E-state index contributed by atoms with van der Waals surface area (Å²) in [4.78, 5) is 28.5. The van der Waals surface area contributed by atoms with E-state index in [4.69, 9.17) is 22.3 Å². The second-order valence-electron chi connectivity index (χ2n) is 4.95. The zero-order valence-corrected chi connectivity index (χ0v) is 12.8. The van der Waals surface area contributed by atoms with Gasteiger partial charge < -0.3 is 27.2 Å². The van der Waals surface area contributed by atoms with E-state index in [0.29, 0.717) is 25.9 Å². The fraction of sp³-hybridized carbons (Fsp3) is 0.769. The van der Waals surface area contributed by atoms with E-state index in [1.165, 1.54) is 11.8 Å². The van der Waals surface area contributed by atoms with Crippen molar-refractivity contribution in [2.45, 2.75) is 51.6 Å². The van der Waals surface area contributed by atoms with E-state index < -0.39 is 18.1 Å². The number of nitrogens with zero attached hydrogens (tertiary/aromatic N) is 2. The standard InChI is InChI=1S/C13H27N5O3/c1-3-4-8-18(9(2)12(20)21)11(19)10(14)6-5-7-17-13(15)16/h9-10H,3-8,14H2,1-2H3,(H,20,21)(H4,15,16,17)/t9-,10-/m0/s1. The smallest absolute Gasteiger partial charge is 0.326 e. The first kappa shape index (κ1) is 19.2. The van der Waals surface area contributed by atoms with Gasteiger partial charge in [0.15, 0.2) is 5.96 Å². The predicted octanol–water partition coefficient (Wildman–Crippen LogP) is -0.531. The van der Waals surface area contributed by atoms with E-state index in [2.05, 4.69) is 4.99 Å². The normalized spacial score (nSPS) is 13.3. The van der Waals surface area contributed by atoms with E-state index in [0.717, 1.165) is 12.8 Å². The van der Waals surface area contributed by atoms with Crippen LogP contribution in [0.2, 0.25) is 0 Å². The molecule has 0 fully saturated rings. The van der Waals surface area contributed by atoms with E-state index >= 15 is 0 Å². The van der Waals surface area contributed by atoms with Crippen molar-refractivity contribution < 1.29 is 14.7 Å². The van der Waals surface area contributed by atoms with Gasteiger partial charge in [0.05, 0.1) is 6.04 Å². The van der Waals surface area contributed by atoms with Crippen molar-refractivity contribution in [3.8, 4) is 0 Å². The number of rotatable bonds is 10.